The van der Waals surface area contributed by atoms with Crippen LogP contribution in [0, 0.1) is 0 Å². The van der Waals surface area contributed by atoms with Gasteiger partial charge in [-0.25, -0.2) is 0 Å². The van der Waals surface area contributed by atoms with E-state index in [0.29, 0.717) is 16.8 Å². The molecule has 0 saturated carbocycles. The molecule has 1 nitrogen and oxygen atoms in total. The molecule has 0 aliphatic carbocycles. The molecule has 55 heavy (non-hydrogen) atoms. The third kappa shape index (κ3) is 6.22. The Kier molecular flexibility index (Phi) is 6.33. The van der Waals surface area contributed by atoms with Crippen molar-refractivity contribution < 1.29 is 11.0 Å². The van der Waals surface area contributed by atoms with E-state index in [1.54, 1.807) is 18.2 Å². The molecule has 10 aromatic rings. The maximum Gasteiger partial charge on any atom is 0.0645 e. The lowest BCUT2D eigenvalue weighted by atomic mass is 9.95. The lowest BCUT2D eigenvalue weighted by Crippen LogP contribution is -2.09. The van der Waals surface area contributed by atoms with Gasteiger partial charge in [0.15, 0.2) is 0 Å². The molecular formula is C54H37N. The van der Waals surface area contributed by atoms with Crippen LogP contribution in [0.2, 0.25) is 0 Å². The van der Waals surface area contributed by atoms with Gasteiger partial charge in [0.2, 0.25) is 0 Å². The number of benzene rings is 10. The summed E-state index contributed by atoms with van der Waals surface area (Å²) in [6.07, 6.45) is 0. The maximum atomic E-state index is 9.56. The second kappa shape index (κ2) is 14.0. The molecule has 10 aromatic carbocycles. The minimum absolute atomic E-state index is 0.106. The molecule has 0 atom stereocenters. The zero-order valence-electron chi connectivity index (χ0n) is 37.7. The van der Waals surface area contributed by atoms with Gasteiger partial charge in [-0.15, -0.1) is 0 Å². The lowest BCUT2D eigenvalue weighted by Gasteiger charge is -2.26. The first-order chi connectivity index (χ1) is 30.6. The van der Waals surface area contributed by atoms with Crippen molar-refractivity contribution in [3.05, 3.63) is 224 Å². The fourth-order valence-electron chi connectivity index (χ4n) is 7.42. The summed E-state index contributed by atoms with van der Waals surface area (Å²) in [7, 11) is 0. The highest BCUT2D eigenvalue weighted by molar-refractivity contribution is 6.08. The molecule has 0 fully saturated rings. The van der Waals surface area contributed by atoms with E-state index in [0.717, 1.165) is 54.6 Å². The Labute approximate surface area is 333 Å². The number of nitrogens with zero attached hydrogens (tertiary/aromatic N) is 1. The van der Waals surface area contributed by atoms with Crippen LogP contribution < -0.4 is 4.90 Å². The zero-order chi connectivity index (χ0) is 43.5. The van der Waals surface area contributed by atoms with Crippen molar-refractivity contribution in [2.75, 3.05) is 4.90 Å². The highest BCUT2D eigenvalue weighted by atomic mass is 15.1. The fraction of sp³-hybridized carbons (Fsp3) is 0. The molecule has 0 aromatic heterocycles. The lowest BCUT2D eigenvalue weighted by molar-refractivity contribution is 1.28. The van der Waals surface area contributed by atoms with Gasteiger partial charge in [-0.1, -0.05) is 176 Å². The summed E-state index contributed by atoms with van der Waals surface area (Å²) < 4.78 is 75.9. The van der Waals surface area contributed by atoms with E-state index >= 15 is 0 Å². The van der Waals surface area contributed by atoms with E-state index in [1.807, 2.05) is 158 Å². The van der Waals surface area contributed by atoms with Gasteiger partial charge >= 0.3 is 0 Å². The Balaban J connectivity index is 1.15. The van der Waals surface area contributed by atoms with Crippen LogP contribution in [0.15, 0.2) is 224 Å². The van der Waals surface area contributed by atoms with Crippen LogP contribution in [0.1, 0.15) is 11.0 Å². The summed E-state index contributed by atoms with van der Waals surface area (Å²) in [6, 6.07) is 53.4. The summed E-state index contributed by atoms with van der Waals surface area (Å²) in [4.78, 5) is 1.35. The van der Waals surface area contributed by atoms with E-state index < -0.39 is 12.1 Å². The van der Waals surface area contributed by atoms with Crippen LogP contribution in [0.3, 0.4) is 0 Å². The van der Waals surface area contributed by atoms with Gasteiger partial charge in [-0.2, -0.15) is 0 Å². The standard InChI is InChI=1S/C54H37N/c1-2-10-38(11-3-1)39-22-29-48(30-23-39)55(50-33-26-41(27-34-50)45-28-35-54-47(37-45)21-20-43-13-5-7-18-52(43)54)49-31-24-40(25-32-49)44-15-8-16-46(36-44)53-19-9-14-42-12-4-6-17-51(42)53/h1-37H/i24D,25D,26D,27D,31D,32D,33D,34D. The molecular weight excluding hydrogens is 663 g/mol. The van der Waals surface area contributed by atoms with Crippen molar-refractivity contribution in [2.24, 2.45) is 0 Å². The summed E-state index contributed by atoms with van der Waals surface area (Å²) in [5.41, 5.74) is 4.83. The normalized spacial score (nSPS) is 13.3. The van der Waals surface area contributed by atoms with Gasteiger partial charge < -0.3 is 4.90 Å². The third-order valence-electron chi connectivity index (χ3n) is 10.2. The quantitative estimate of drug-likeness (QED) is 0.149. The first-order valence-electron chi connectivity index (χ1n) is 22.3. The molecule has 0 radical (unpaired) electrons. The van der Waals surface area contributed by atoms with E-state index in [2.05, 4.69) is 0 Å². The molecule has 0 saturated heterocycles. The molecule has 0 unspecified atom stereocenters. The minimum atomic E-state index is -0.392. The zero-order valence-corrected chi connectivity index (χ0v) is 29.7. The van der Waals surface area contributed by atoms with Crippen LogP contribution in [-0.4, -0.2) is 0 Å². The molecule has 0 N–H and O–H groups in total. The SMILES string of the molecule is [2H]c1c([2H])c(N(c2ccc(-c3ccccc3)cc2)c2c([2H])c([2H])c(-c3ccc4c(ccc5ccccc54)c3)c([2H])c2[2H])c([2H])c([2H])c1-c1cccc(-c2cccc3ccccc23)c1. The summed E-state index contributed by atoms with van der Waals surface area (Å²) >= 11 is 0. The van der Waals surface area contributed by atoms with Crippen LogP contribution in [-0.2, 0) is 0 Å². The molecule has 0 bridgehead atoms. The van der Waals surface area contributed by atoms with Gasteiger partial charge in [0.1, 0.15) is 0 Å². The number of hydrogen-bond donors (Lipinski definition) is 0. The van der Waals surface area contributed by atoms with Crippen molar-refractivity contribution in [2.45, 2.75) is 0 Å². The van der Waals surface area contributed by atoms with Crippen molar-refractivity contribution >= 4 is 49.4 Å². The van der Waals surface area contributed by atoms with Crippen LogP contribution in [0.5, 0.6) is 0 Å². The first-order valence-corrected chi connectivity index (χ1v) is 18.3. The summed E-state index contributed by atoms with van der Waals surface area (Å²) in [5, 5.41) is 6.15. The summed E-state index contributed by atoms with van der Waals surface area (Å²) in [6.45, 7) is 0. The molecule has 0 aliphatic heterocycles. The van der Waals surface area contributed by atoms with Gasteiger partial charge in [0.25, 0.3) is 0 Å². The number of rotatable bonds is 7. The second-order valence-corrected chi connectivity index (χ2v) is 13.5. The van der Waals surface area contributed by atoms with Crippen molar-refractivity contribution in [1.82, 2.24) is 0 Å². The predicted octanol–water partition coefficient (Wildman–Crippen LogP) is 15.3. The van der Waals surface area contributed by atoms with Gasteiger partial charge in [-0.3, -0.25) is 0 Å². The van der Waals surface area contributed by atoms with E-state index in [4.69, 9.17) is 0 Å². The molecule has 0 aliphatic rings. The van der Waals surface area contributed by atoms with Crippen molar-refractivity contribution in [3.8, 4) is 44.5 Å². The van der Waals surface area contributed by atoms with Crippen LogP contribution >= 0.6 is 0 Å². The molecule has 1 heteroatoms. The molecule has 0 heterocycles. The summed E-state index contributed by atoms with van der Waals surface area (Å²) in [5.74, 6) is 0. The molecule has 0 amide bonds. The van der Waals surface area contributed by atoms with Crippen LogP contribution in [0.4, 0.5) is 17.1 Å². The van der Waals surface area contributed by atoms with E-state index in [-0.39, 0.29) is 58.8 Å². The average Bonchev–Trinajstić information content (AvgIpc) is 3.32. The minimum Gasteiger partial charge on any atom is -0.311 e. The Bertz CT molecular complexity index is 3380. The largest absolute Gasteiger partial charge is 0.311 e. The number of hydrogen-bond acceptors (Lipinski definition) is 1. The van der Waals surface area contributed by atoms with Gasteiger partial charge in [0, 0.05) is 17.1 Å². The Hall–Kier alpha value is -7.22. The van der Waals surface area contributed by atoms with E-state index in [9.17, 15) is 11.0 Å². The van der Waals surface area contributed by atoms with Crippen LogP contribution in [0.25, 0.3) is 76.8 Å². The topological polar surface area (TPSA) is 3.24 Å². The monoisotopic (exact) mass is 707 g/mol. The average molecular weight is 708 g/mol. The Morgan fingerprint density at radius 2 is 0.764 bits per heavy atom. The highest BCUT2D eigenvalue weighted by Gasteiger charge is 2.15. The fourth-order valence-corrected chi connectivity index (χ4v) is 7.42. The maximum absolute atomic E-state index is 9.56. The highest BCUT2D eigenvalue weighted by Crippen LogP contribution is 2.39. The number of anilines is 3. The predicted molar refractivity (Wildman–Crippen MR) is 235 cm³/mol. The molecule has 258 valence electrons. The third-order valence-corrected chi connectivity index (χ3v) is 10.2. The van der Waals surface area contributed by atoms with Crippen molar-refractivity contribution in [1.29, 1.82) is 0 Å². The first kappa shape index (κ1) is 24.9. The van der Waals surface area contributed by atoms with E-state index in [1.165, 1.54) is 4.90 Å². The van der Waals surface area contributed by atoms with Gasteiger partial charge in [-0.05, 0) is 125 Å². The second-order valence-electron chi connectivity index (χ2n) is 13.5. The number of fused-ring (bicyclic) bond motifs is 4. The Morgan fingerprint density at radius 3 is 1.49 bits per heavy atom. The van der Waals surface area contributed by atoms with Gasteiger partial charge in [0.05, 0.1) is 11.0 Å². The smallest absolute Gasteiger partial charge is 0.0645 e. The van der Waals surface area contributed by atoms with Crippen molar-refractivity contribution in [3.63, 3.8) is 0 Å². The molecule has 0 spiro atoms. The Morgan fingerprint density at radius 1 is 0.273 bits per heavy atom. The molecule has 10 rings (SSSR count).